The number of nitro groups is 1. The Morgan fingerprint density at radius 2 is 2.06 bits per heavy atom. The molecule has 1 amide bonds. The lowest BCUT2D eigenvalue weighted by Crippen LogP contribution is -2.21. The molecule has 0 radical (unpaired) electrons. The molecule has 0 aliphatic rings. The first-order valence-electron chi connectivity index (χ1n) is 5.84. The van der Waals surface area contributed by atoms with Crippen LogP contribution < -0.4 is 5.32 Å². The maximum Gasteiger partial charge on any atom is 0.269 e. The van der Waals surface area contributed by atoms with Gasteiger partial charge in [-0.15, -0.1) is 0 Å². The summed E-state index contributed by atoms with van der Waals surface area (Å²) in [6.45, 7) is 2.72. The summed E-state index contributed by atoms with van der Waals surface area (Å²) in [7, 11) is 0. The molecule has 0 saturated heterocycles. The summed E-state index contributed by atoms with van der Waals surface area (Å²) in [6.07, 6.45) is 5.05. The molecule has 0 heterocycles. The van der Waals surface area contributed by atoms with Crippen LogP contribution in [-0.2, 0) is 4.79 Å². The van der Waals surface area contributed by atoms with Crippen LogP contribution in [0.25, 0.3) is 6.08 Å². The minimum absolute atomic E-state index is 0.0412. The molecule has 96 valence electrons. The van der Waals surface area contributed by atoms with Crippen molar-refractivity contribution in [3.05, 3.63) is 46.0 Å². The lowest BCUT2D eigenvalue weighted by molar-refractivity contribution is -0.384. The minimum Gasteiger partial charge on any atom is -0.353 e. The van der Waals surface area contributed by atoms with Crippen molar-refractivity contribution in [2.45, 2.75) is 19.8 Å². The summed E-state index contributed by atoms with van der Waals surface area (Å²) in [5.41, 5.74) is 0.797. The van der Waals surface area contributed by atoms with Crippen molar-refractivity contribution in [1.29, 1.82) is 0 Å². The highest BCUT2D eigenvalue weighted by Gasteiger charge is 2.02. The first-order chi connectivity index (χ1) is 8.63. The molecule has 1 rings (SSSR count). The molecule has 5 nitrogen and oxygen atoms in total. The quantitative estimate of drug-likeness (QED) is 0.364. The van der Waals surface area contributed by atoms with Gasteiger partial charge < -0.3 is 5.32 Å². The fraction of sp³-hybridized carbons (Fsp3) is 0.308. The standard InChI is InChI=1S/C13H16N2O3/c1-2-3-10-14-13(16)9-6-11-4-7-12(8-5-11)15(17)18/h4-9H,2-3,10H2,1H3,(H,14,16)/b9-6+. The van der Waals surface area contributed by atoms with Crippen molar-refractivity contribution in [1.82, 2.24) is 5.32 Å². The Morgan fingerprint density at radius 3 is 2.61 bits per heavy atom. The summed E-state index contributed by atoms with van der Waals surface area (Å²) in [4.78, 5) is 21.4. The molecular weight excluding hydrogens is 232 g/mol. The van der Waals surface area contributed by atoms with Gasteiger partial charge in [0.15, 0.2) is 0 Å². The van der Waals surface area contributed by atoms with Crippen molar-refractivity contribution < 1.29 is 9.72 Å². The molecule has 0 aliphatic carbocycles. The van der Waals surface area contributed by atoms with Crippen LogP contribution in [0.5, 0.6) is 0 Å². The maximum atomic E-state index is 11.4. The van der Waals surface area contributed by atoms with E-state index in [1.807, 2.05) is 0 Å². The molecule has 1 aromatic rings. The van der Waals surface area contributed by atoms with Gasteiger partial charge in [0.25, 0.3) is 5.69 Å². The van der Waals surface area contributed by atoms with E-state index in [-0.39, 0.29) is 11.6 Å². The molecule has 18 heavy (non-hydrogen) atoms. The number of benzene rings is 1. The Morgan fingerprint density at radius 1 is 1.39 bits per heavy atom. The molecule has 0 unspecified atom stereocenters. The number of nitro benzene ring substituents is 1. The highest BCUT2D eigenvalue weighted by Crippen LogP contribution is 2.12. The van der Waals surface area contributed by atoms with Gasteiger partial charge in [-0.25, -0.2) is 0 Å². The molecular formula is C13H16N2O3. The Kier molecular flexibility index (Phi) is 5.57. The van der Waals surface area contributed by atoms with E-state index >= 15 is 0 Å². The SMILES string of the molecule is CCCCNC(=O)/C=C/c1ccc([N+](=O)[O-])cc1. The molecule has 1 aromatic carbocycles. The van der Waals surface area contributed by atoms with Gasteiger partial charge in [0.05, 0.1) is 4.92 Å². The van der Waals surface area contributed by atoms with Crippen molar-refractivity contribution in [3.8, 4) is 0 Å². The number of amides is 1. The van der Waals surface area contributed by atoms with E-state index in [1.165, 1.54) is 18.2 Å². The number of carbonyl (C=O) groups is 1. The van der Waals surface area contributed by atoms with E-state index in [0.717, 1.165) is 18.4 Å². The maximum absolute atomic E-state index is 11.4. The van der Waals surface area contributed by atoms with E-state index in [1.54, 1.807) is 18.2 Å². The average molecular weight is 248 g/mol. The first-order valence-corrected chi connectivity index (χ1v) is 5.84. The third kappa shape index (κ3) is 4.78. The van der Waals surface area contributed by atoms with E-state index in [2.05, 4.69) is 12.2 Å². The fourth-order valence-electron chi connectivity index (χ4n) is 1.33. The molecule has 0 fully saturated rings. The number of rotatable bonds is 6. The molecule has 1 N–H and O–H groups in total. The molecule has 0 atom stereocenters. The lowest BCUT2D eigenvalue weighted by Gasteiger charge is -1.99. The van der Waals surface area contributed by atoms with Crippen LogP contribution in [0.15, 0.2) is 30.3 Å². The summed E-state index contributed by atoms with van der Waals surface area (Å²) in [5.74, 6) is -0.151. The second kappa shape index (κ2) is 7.21. The van der Waals surface area contributed by atoms with Gasteiger partial charge in [-0.05, 0) is 30.2 Å². The average Bonchev–Trinajstić information content (AvgIpc) is 2.37. The molecule has 0 bridgehead atoms. The topological polar surface area (TPSA) is 72.2 Å². The van der Waals surface area contributed by atoms with Gasteiger partial charge in [0.1, 0.15) is 0 Å². The monoisotopic (exact) mass is 248 g/mol. The van der Waals surface area contributed by atoms with E-state index in [0.29, 0.717) is 6.54 Å². The van der Waals surface area contributed by atoms with E-state index in [9.17, 15) is 14.9 Å². The van der Waals surface area contributed by atoms with Crippen molar-refractivity contribution in [2.75, 3.05) is 6.54 Å². The number of unbranched alkanes of at least 4 members (excludes halogenated alkanes) is 1. The smallest absolute Gasteiger partial charge is 0.269 e. The second-order valence-corrected chi connectivity index (χ2v) is 3.83. The number of hydrogen-bond acceptors (Lipinski definition) is 3. The van der Waals surface area contributed by atoms with Crippen molar-refractivity contribution in [2.24, 2.45) is 0 Å². The number of carbonyl (C=O) groups excluding carboxylic acids is 1. The Balaban J connectivity index is 2.51. The molecule has 0 saturated carbocycles. The Hall–Kier alpha value is -2.17. The molecule has 0 spiro atoms. The minimum atomic E-state index is -0.453. The normalized spacial score (nSPS) is 10.5. The van der Waals surface area contributed by atoms with Crippen LogP contribution in [0.3, 0.4) is 0 Å². The van der Waals surface area contributed by atoms with Gasteiger partial charge in [0.2, 0.25) is 5.91 Å². The fourth-order valence-corrected chi connectivity index (χ4v) is 1.33. The number of hydrogen-bond donors (Lipinski definition) is 1. The third-order valence-electron chi connectivity index (χ3n) is 2.36. The predicted molar refractivity (Wildman–Crippen MR) is 70.0 cm³/mol. The second-order valence-electron chi connectivity index (χ2n) is 3.83. The summed E-state index contributed by atoms with van der Waals surface area (Å²) in [6, 6.07) is 6.03. The van der Waals surface area contributed by atoms with Crippen LogP contribution in [0, 0.1) is 10.1 Å². The van der Waals surface area contributed by atoms with Gasteiger partial charge in [-0.3, -0.25) is 14.9 Å². The number of nitrogens with one attached hydrogen (secondary N) is 1. The summed E-state index contributed by atoms with van der Waals surface area (Å²) < 4.78 is 0. The number of non-ortho nitro benzene ring substituents is 1. The largest absolute Gasteiger partial charge is 0.353 e. The lowest BCUT2D eigenvalue weighted by atomic mass is 10.2. The zero-order valence-corrected chi connectivity index (χ0v) is 10.3. The van der Waals surface area contributed by atoms with Gasteiger partial charge >= 0.3 is 0 Å². The summed E-state index contributed by atoms with van der Waals surface area (Å²) >= 11 is 0. The van der Waals surface area contributed by atoms with Crippen molar-refractivity contribution in [3.63, 3.8) is 0 Å². The van der Waals surface area contributed by atoms with Crippen LogP contribution in [0.2, 0.25) is 0 Å². The van der Waals surface area contributed by atoms with Crippen LogP contribution in [0.4, 0.5) is 5.69 Å². The first kappa shape index (κ1) is 13.9. The third-order valence-corrected chi connectivity index (χ3v) is 2.36. The zero-order valence-electron chi connectivity index (χ0n) is 10.3. The molecule has 0 aliphatic heterocycles. The Labute approximate surface area is 106 Å². The van der Waals surface area contributed by atoms with Crippen LogP contribution >= 0.6 is 0 Å². The number of nitrogens with zero attached hydrogens (tertiary/aromatic N) is 1. The van der Waals surface area contributed by atoms with Crippen LogP contribution in [0.1, 0.15) is 25.3 Å². The summed E-state index contributed by atoms with van der Waals surface area (Å²) in [5, 5.41) is 13.2. The van der Waals surface area contributed by atoms with Gasteiger partial charge in [-0.1, -0.05) is 13.3 Å². The highest BCUT2D eigenvalue weighted by atomic mass is 16.6. The predicted octanol–water partition coefficient (Wildman–Crippen LogP) is 2.52. The molecule has 5 heteroatoms. The van der Waals surface area contributed by atoms with E-state index < -0.39 is 4.92 Å². The van der Waals surface area contributed by atoms with Crippen molar-refractivity contribution >= 4 is 17.7 Å². The molecule has 0 aromatic heterocycles. The zero-order chi connectivity index (χ0) is 13.4. The van der Waals surface area contributed by atoms with Gasteiger partial charge in [0, 0.05) is 24.8 Å². The highest BCUT2D eigenvalue weighted by molar-refractivity contribution is 5.91. The van der Waals surface area contributed by atoms with Crippen LogP contribution in [-0.4, -0.2) is 17.4 Å². The van der Waals surface area contributed by atoms with Gasteiger partial charge in [-0.2, -0.15) is 0 Å². The van der Waals surface area contributed by atoms with E-state index in [4.69, 9.17) is 0 Å². The Bertz CT molecular complexity index is 438.